The number of hydrogen-bond acceptors (Lipinski definition) is 5. The number of nitrogens with zero attached hydrogens (tertiary/aromatic N) is 3. The van der Waals surface area contributed by atoms with Crippen LogP contribution in [0.1, 0.15) is 24.2 Å². The van der Waals surface area contributed by atoms with E-state index in [1.54, 1.807) is 24.7 Å². The van der Waals surface area contributed by atoms with Crippen molar-refractivity contribution in [1.82, 2.24) is 20.2 Å². The molecule has 0 bridgehead atoms. The van der Waals surface area contributed by atoms with Gasteiger partial charge < -0.3 is 10.8 Å². The molecule has 8 heteroatoms. The molecule has 26 heavy (non-hydrogen) atoms. The van der Waals surface area contributed by atoms with Crippen LogP contribution in [0.4, 0.5) is 0 Å². The molecule has 0 spiro atoms. The van der Waals surface area contributed by atoms with Crippen LogP contribution >= 0.6 is 12.4 Å². The molecule has 7 nitrogen and oxygen atoms in total. The monoisotopic (exact) mass is 371 g/mol. The minimum atomic E-state index is -0.797. The van der Waals surface area contributed by atoms with Crippen LogP contribution in [0.15, 0.2) is 42.9 Å². The lowest BCUT2D eigenvalue weighted by atomic mass is 10.0. The fourth-order valence-electron chi connectivity index (χ4n) is 2.97. The van der Waals surface area contributed by atoms with Crippen LogP contribution in [0.5, 0.6) is 0 Å². The molecular weight excluding hydrogens is 354 g/mol. The highest BCUT2D eigenvalue weighted by Gasteiger charge is 2.53. The van der Waals surface area contributed by atoms with Crippen molar-refractivity contribution in [3.63, 3.8) is 0 Å². The molecule has 4 N–H and O–H groups in total. The van der Waals surface area contributed by atoms with Crippen molar-refractivity contribution in [2.45, 2.75) is 24.8 Å². The fraction of sp³-hybridized carbons (Fsp3) is 0.222. The Bertz CT molecular complexity index is 918. The summed E-state index contributed by atoms with van der Waals surface area (Å²) in [5.74, 6) is -0.797. The van der Waals surface area contributed by atoms with E-state index in [2.05, 4.69) is 20.2 Å². The maximum Gasteiger partial charge on any atom is 0.315 e. The number of carboxylic acids is 1. The maximum atomic E-state index is 11.4. The first-order valence-corrected chi connectivity index (χ1v) is 8.03. The summed E-state index contributed by atoms with van der Waals surface area (Å²) in [6.07, 6.45) is 6.49. The Hall–Kier alpha value is -2.77. The summed E-state index contributed by atoms with van der Waals surface area (Å²) in [6, 6.07) is 7.56. The van der Waals surface area contributed by atoms with Gasteiger partial charge in [-0.2, -0.15) is 5.10 Å². The number of hydrogen-bond donors (Lipinski definition) is 3. The number of pyridine rings is 2. The predicted octanol–water partition coefficient (Wildman–Crippen LogP) is 2.53. The van der Waals surface area contributed by atoms with Crippen LogP contribution in [0.2, 0.25) is 0 Å². The minimum Gasteiger partial charge on any atom is -0.481 e. The van der Waals surface area contributed by atoms with E-state index in [-0.39, 0.29) is 12.4 Å². The summed E-state index contributed by atoms with van der Waals surface area (Å²) in [6.45, 7) is 0.371. The molecule has 3 aromatic heterocycles. The van der Waals surface area contributed by atoms with Gasteiger partial charge in [0.15, 0.2) is 0 Å². The molecule has 1 fully saturated rings. The van der Waals surface area contributed by atoms with E-state index in [0.717, 1.165) is 28.1 Å². The lowest BCUT2D eigenvalue weighted by molar-refractivity contribution is -0.140. The Morgan fingerprint density at radius 2 is 1.81 bits per heavy atom. The van der Waals surface area contributed by atoms with E-state index in [0.29, 0.717) is 25.1 Å². The predicted molar refractivity (Wildman–Crippen MR) is 98.7 cm³/mol. The van der Waals surface area contributed by atoms with Crippen molar-refractivity contribution in [2.24, 2.45) is 5.73 Å². The minimum absolute atomic E-state index is 0. The number of aliphatic carboxylic acids is 1. The van der Waals surface area contributed by atoms with Crippen LogP contribution in [0, 0.1) is 0 Å². The van der Waals surface area contributed by atoms with Gasteiger partial charge >= 0.3 is 5.97 Å². The molecule has 0 radical (unpaired) electrons. The highest BCUT2D eigenvalue weighted by molar-refractivity contribution is 5.85. The summed E-state index contributed by atoms with van der Waals surface area (Å²) >= 11 is 0. The molecule has 4 rings (SSSR count). The number of nitrogens with one attached hydrogen (secondary N) is 1. The van der Waals surface area contributed by atoms with Crippen molar-refractivity contribution in [3.8, 4) is 22.4 Å². The standard InChI is InChI=1S/C18H17N5O2.ClH/c19-7-15-13(10-22-23-15)14-3-1-11(8-20-14)12-2-4-16(21-9-12)18(5-6-18)17(24)25;/h1-4,8-10H,5-7,19H2,(H,22,23)(H,24,25);1H. The number of halogens is 1. The lowest BCUT2D eigenvalue weighted by Crippen LogP contribution is -2.20. The average Bonchev–Trinajstić information content (AvgIpc) is 3.33. The molecule has 0 aromatic carbocycles. The molecule has 0 saturated heterocycles. The van der Waals surface area contributed by atoms with Crippen molar-refractivity contribution in [3.05, 3.63) is 54.2 Å². The van der Waals surface area contributed by atoms with Gasteiger partial charge in [0, 0.05) is 35.6 Å². The van der Waals surface area contributed by atoms with Gasteiger partial charge in [-0.05, 0) is 25.0 Å². The van der Waals surface area contributed by atoms with E-state index < -0.39 is 11.4 Å². The van der Waals surface area contributed by atoms with E-state index in [4.69, 9.17) is 5.73 Å². The Morgan fingerprint density at radius 1 is 1.12 bits per heavy atom. The molecule has 0 unspecified atom stereocenters. The first-order valence-electron chi connectivity index (χ1n) is 8.03. The number of carbonyl (C=O) groups is 1. The highest BCUT2D eigenvalue weighted by Crippen LogP contribution is 2.47. The van der Waals surface area contributed by atoms with Crippen LogP contribution < -0.4 is 5.73 Å². The summed E-state index contributed by atoms with van der Waals surface area (Å²) in [5.41, 5.74) is 9.87. The molecule has 0 aliphatic heterocycles. The zero-order valence-corrected chi connectivity index (χ0v) is 14.7. The Kier molecular flexibility index (Phi) is 4.76. The number of carboxylic acid groups (broad SMARTS) is 1. The molecule has 1 saturated carbocycles. The second-order valence-corrected chi connectivity index (χ2v) is 6.22. The van der Waals surface area contributed by atoms with Gasteiger partial charge in [-0.1, -0.05) is 12.1 Å². The molecule has 3 heterocycles. The fourth-order valence-corrected chi connectivity index (χ4v) is 2.97. The third kappa shape index (κ3) is 2.95. The van der Waals surface area contributed by atoms with Crippen molar-refractivity contribution in [1.29, 1.82) is 0 Å². The van der Waals surface area contributed by atoms with E-state index >= 15 is 0 Å². The first-order chi connectivity index (χ1) is 12.1. The second kappa shape index (κ2) is 6.86. The topological polar surface area (TPSA) is 118 Å². The number of nitrogens with two attached hydrogens (primary N) is 1. The third-order valence-electron chi connectivity index (χ3n) is 4.71. The van der Waals surface area contributed by atoms with E-state index in [9.17, 15) is 9.90 Å². The zero-order valence-electron chi connectivity index (χ0n) is 13.8. The summed E-state index contributed by atoms with van der Waals surface area (Å²) in [5, 5.41) is 16.2. The molecule has 1 aliphatic carbocycles. The largest absolute Gasteiger partial charge is 0.481 e. The SMILES string of the molecule is Cl.NCc1[nH]ncc1-c1ccc(-c2ccc(C3(C(=O)O)CC3)nc2)cn1. The van der Waals surface area contributed by atoms with Crippen molar-refractivity contribution >= 4 is 18.4 Å². The molecule has 0 atom stereocenters. The maximum absolute atomic E-state index is 11.4. The zero-order chi connectivity index (χ0) is 17.4. The van der Waals surface area contributed by atoms with Gasteiger partial charge in [0.1, 0.15) is 5.41 Å². The van der Waals surface area contributed by atoms with E-state index in [1.807, 2.05) is 18.2 Å². The van der Waals surface area contributed by atoms with Crippen LogP contribution in [-0.2, 0) is 16.8 Å². The molecular formula is C18H18ClN5O2. The molecule has 134 valence electrons. The van der Waals surface area contributed by atoms with Gasteiger partial charge in [0.25, 0.3) is 0 Å². The summed E-state index contributed by atoms with van der Waals surface area (Å²) in [7, 11) is 0. The first kappa shape index (κ1) is 18.0. The normalized spacial score (nSPS) is 14.5. The Balaban J connectivity index is 0.00000196. The van der Waals surface area contributed by atoms with Gasteiger partial charge in [-0.15, -0.1) is 12.4 Å². The Morgan fingerprint density at radius 3 is 2.31 bits per heavy atom. The van der Waals surface area contributed by atoms with Crippen LogP contribution in [0.25, 0.3) is 22.4 Å². The number of rotatable bonds is 5. The van der Waals surface area contributed by atoms with Gasteiger partial charge in [0.2, 0.25) is 0 Å². The quantitative estimate of drug-likeness (QED) is 0.634. The second-order valence-electron chi connectivity index (χ2n) is 6.22. The molecule has 1 aliphatic rings. The third-order valence-corrected chi connectivity index (χ3v) is 4.71. The molecule has 3 aromatic rings. The van der Waals surface area contributed by atoms with Crippen molar-refractivity contribution < 1.29 is 9.90 Å². The van der Waals surface area contributed by atoms with Crippen LogP contribution in [-0.4, -0.2) is 31.2 Å². The number of aromatic nitrogens is 4. The van der Waals surface area contributed by atoms with Gasteiger partial charge in [-0.25, -0.2) is 0 Å². The lowest BCUT2D eigenvalue weighted by Gasteiger charge is -2.10. The summed E-state index contributed by atoms with van der Waals surface area (Å²) in [4.78, 5) is 20.2. The van der Waals surface area contributed by atoms with Gasteiger partial charge in [-0.3, -0.25) is 19.9 Å². The van der Waals surface area contributed by atoms with Gasteiger partial charge in [0.05, 0.1) is 23.3 Å². The van der Waals surface area contributed by atoms with E-state index in [1.165, 1.54) is 0 Å². The number of H-pyrrole nitrogens is 1. The molecule has 0 amide bonds. The average molecular weight is 372 g/mol. The van der Waals surface area contributed by atoms with Crippen molar-refractivity contribution in [2.75, 3.05) is 0 Å². The smallest absolute Gasteiger partial charge is 0.315 e. The number of aromatic amines is 1. The van der Waals surface area contributed by atoms with Crippen LogP contribution in [0.3, 0.4) is 0 Å². The highest BCUT2D eigenvalue weighted by atomic mass is 35.5. The Labute approximate surface area is 156 Å². The summed E-state index contributed by atoms with van der Waals surface area (Å²) < 4.78 is 0.